The molecule has 3 rings (SSSR count). The summed E-state index contributed by atoms with van der Waals surface area (Å²) in [4.78, 5) is 12.7. The minimum Gasteiger partial charge on any atom is -0.492 e. The van der Waals surface area contributed by atoms with Gasteiger partial charge in [-0.1, -0.05) is 18.9 Å². The molecule has 0 radical (unpaired) electrons. The molecule has 1 heterocycles. The van der Waals surface area contributed by atoms with Gasteiger partial charge in [-0.25, -0.2) is 12.8 Å². The molecule has 30 heavy (non-hydrogen) atoms. The van der Waals surface area contributed by atoms with E-state index in [0.717, 1.165) is 25.7 Å². The molecule has 0 unspecified atom stereocenters. The molecule has 1 N–H and O–H groups in total. The van der Waals surface area contributed by atoms with Crippen LogP contribution in [-0.4, -0.2) is 44.9 Å². The van der Waals surface area contributed by atoms with Crippen molar-refractivity contribution in [2.24, 2.45) is 0 Å². The fourth-order valence-electron chi connectivity index (χ4n) is 3.40. The monoisotopic (exact) mass is 434 g/mol. The highest BCUT2D eigenvalue weighted by atomic mass is 32.2. The van der Waals surface area contributed by atoms with Gasteiger partial charge < -0.3 is 10.1 Å². The number of aryl methyl sites for hydroxylation is 1. The summed E-state index contributed by atoms with van der Waals surface area (Å²) in [6, 6.07) is 10.3. The lowest BCUT2D eigenvalue weighted by atomic mass is 10.1. The van der Waals surface area contributed by atoms with Gasteiger partial charge in [0.25, 0.3) is 5.91 Å². The number of ether oxygens (including phenoxy) is 1. The minimum atomic E-state index is -3.62. The van der Waals surface area contributed by atoms with Crippen molar-refractivity contribution in [1.82, 2.24) is 9.62 Å². The Labute approximate surface area is 177 Å². The Bertz CT molecular complexity index is 969. The van der Waals surface area contributed by atoms with Gasteiger partial charge in [0.05, 0.1) is 11.4 Å². The number of carbonyl (C=O) groups excluding carboxylic acids is 1. The van der Waals surface area contributed by atoms with Crippen LogP contribution in [0.1, 0.15) is 41.6 Å². The molecule has 6 nitrogen and oxygen atoms in total. The summed E-state index contributed by atoms with van der Waals surface area (Å²) in [5.74, 6) is -0.198. The second-order valence-electron chi connectivity index (χ2n) is 7.35. The van der Waals surface area contributed by atoms with Gasteiger partial charge in [0.2, 0.25) is 10.0 Å². The van der Waals surface area contributed by atoms with Crippen molar-refractivity contribution in [2.75, 3.05) is 26.2 Å². The third-order valence-electron chi connectivity index (χ3n) is 5.13. The summed E-state index contributed by atoms with van der Waals surface area (Å²) in [5, 5.41) is 2.74. The number of benzene rings is 2. The molecule has 1 saturated heterocycles. The summed E-state index contributed by atoms with van der Waals surface area (Å²) in [6.45, 7) is 3.24. The van der Waals surface area contributed by atoms with Crippen molar-refractivity contribution >= 4 is 15.9 Å². The van der Waals surface area contributed by atoms with Crippen LogP contribution in [0, 0.1) is 12.7 Å². The Morgan fingerprint density at radius 1 is 1.07 bits per heavy atom. The first-order valence-electron chi connectivity index (χ1n) is 10.2. The van der Waals surface area contributed by atoms with Crippen LogP contribution >= 0.6 is 0 Å². The van der Waals surface area contributed by atoms with Gasteiger partial charge in [-0.05, 0) is 61.7 Å². The number of hydrogen-bond donors (Lipinski definition) is 1. The van der Waals surface area contributed by atoms with E-state index in [1.807, 2.05) is 0 Å². The van der Waals surface area contributed by atoms with Crippen molar-refractivity contribution in [1.29, 1.82) is 0 Å². The number of halogens is 1. The predicted molar refractivity (Wildman–Crippen MR) is 113 cm³/mol. The van der Waals surface area contributed by atoms with Gasteiger partial charge in [0.15, 0.2) is 0 Å². The lowest BCUT2D eigenvalue weighted by Crippen LogP contribution is -2.32. The van der Waals surface area contributed by atoms with E-state index in [-0.39, 0.29) is 29.8 Å². The summed E-state index contributed by atoms with van der Waals surface area (Å²) in [6.07, 6.45) is 3.78. The molecule has 0 saturated carbocycles. The van der Waals surface area contributed by atoms with Crippen molar-refractivity contribution in [3.8, 4) is 5.75 Å². The van der Waals surface area contributed by atoms with Crippen LogP contribution < -0.4 is 10.1 Å². The maximum atomic E-state index is 13.0. The van der Waals surface area contributed by atoms with Gasteiger partial charge >= 0.3 is 0 Å². The highest BCUT2D eigenvalue weighted by molar-refractivity contribution is 7.89. The van der Waals surface area contributed by atoms with E-state index in [1.165, 1.54) is 34.6 Å². The standard InChI is InChI=1S/C22H27FN2O4S/c1-17-6-11-20(30(27,28)25-13-4-2-3-5-14-25)16-21(17)22(26)24-12-15-29-19-9-7-18(23)8-10-19/h6-11,16H,2-5,12-15H2,1H3,(H,24,26). The zero-order valence-corrected chi connectivity index (χ0v) is 17.9. The number of rotatable bonds is 7. The molecule has 2 aromatic carbocycles. The fourth-order valence-corrected chi connectivity index (χ4v) is 4.94. The van der Waals surface area contributed by atoms with Gasteiger partial charge in [-0.3, -0.25) is 4.79 Å². The van der Waals surface area contributed by atoms with Gasteiger partial charge in [0, 0.05) is 18.7 Å². The molecule has 0 bridgehead atoms. The number of carbonyl (C=O) groups is 1. The van der Waals surface area contributed by atoms with E-state index in [4.69, 9.17) is 4.74 Å². The molecule has 162 valence electrons. The lowest BCUT2D eigenvalue weighted by molar-refractivity contribution is 0.0946. The SMILES string of the molecule is Cc1ccc(S(=O)(=O)N2CCCCCC2)cc1C(=O)NCCOc1ccc(F)cc1. The maximum Gasteiger partial charge on any atom is 0.251 e. The Morgan fingerprint density at radius 2 is 1.73 bits per heavy atom. The molecular formula is C22H27FN2O4S. The summed E-state index contributed by atoms with van der Waals surface area (Å²) >= 11 is 0. The molecule has 0 atom stereocenters. The molecular weight excluding hydrogens is 407 g/mol. The Morgan fingerprint density at radius 3 is 2.40 bits per heavy atom. The Hall–Kier alpha value is -2.45. The van der Waals surface area contributed by atoms with Crippen LogP contribution in [0.2, 0.25) is 0 Å². The van der Waals surface area contributed by atoms with Crippen molar-refractivity contribution in [3.63, 3.8) is 0 Å². The van der Waals surface area contributed by atoms with Crippen LogP contribution in [-0.2, 0) is 10.0 Å². The molecule has 1 amide bonds. The lowest BCUT2D eigenvalue weighted by Gasteiger charge is -2.20. The number of sulfonamides is 1. The highest BCUT2D eigenvalue weighted by Crippen LogP contribution is 2.22. The second-order valence-corrected chi connectivity index (χ2v) is 9.29. The maximum absolute atomic E-state index is 13.0. The summed E-state index contributed by atoms with van der Waals surface area (Å²) in [5.41, 5.74) is 1.02. The Kier molecular flexibility index (Phi) is 7.44. The molecule has 1 aliphatic rings. The average Bonchev–Trinajstić information content (AvgIpc) is 3.03. The zero-order chi connectivity index (χ0) is 21.6. The van der Waals surface area contributed by atoms with E-state index < -0.39 is 10.0 Å². The normalized spacial score (nSPS) is 15.4. The summed E-state index contributed by atoms with van der Waals surface area (Å²) < 4.78 is 45.9. The summed E-state index contributed by atoms with van der Waals surface area (Å²) in [7, 11) is -3.62. The molecule has 0 aliphatic carbocycles. The van der Waals surface area contributed by atoms with Crippen molar-refractivity contribution in [3.05, 3.63) is 59.4 Å². The third kappa shape index (κ3) is 5.58. The largest absolute Gasteiger partial charge is 0.492 e. The first kappa shape index (κ1) is 22.2. The molecule has 1 aliphatic heterocycles. The quantitative estimate of drug-likeness (QED) is 0.677. The van der Waals surface area contributed by atoms with Crippen molar-refractivity contribution in [2.45, 2.75) is 37.5 Å². The number of nitrogens with zero attached hydrogens (tertiary/aromatic N) is 1. The van der Waals surface area contributed by atoms with Gasteiger partial charge in [0.1, 0.15) is 18.2 Å². The van der Waals surface area contributed by atoms with E-state index >= 15 is 0 Å². The second kappa shape index (κ2) is 10.0. The molecule has 1 fully saturated rings. The molecule has 8 heteroatoms. The number of hydrogen-bond acceptors (Lipinski definition) is 4. The van der Waals surface area contributed by atoms with Crippen LogP contribution in [0.5, 0.6) is 5.75 Å². The molecule has 0 spiro atoms. The van der Waals surface area contributed by atoms with E-state index in [1.54, 1.807) is 19.1 Å². The minimum absolute atomic E-state index is 0.141. The topological polar surface area (TPSA) is 75.7 Å². The average molecular weight is 435 g/mol. The van der Waals surface area contributed by atoms with Crippen LogP contribution in [0.3, 0.4) is 0 Å². The fraction of sp³-hybridized carbons (Fsp3) is 0.409. The first-order valence-corrected chi connectivity index (χ1v) is 11.6. The molecule has 0 aromatic heterocycles. The van der Waals surface area contributed by atoms with E-state index in [0.29, 0.717) is 30.0 Å². The van der Waals surface area contributed by atoms with E-state index in [2.05, 4.69) is 5.32 Å². The molecule has 2 aromatic rings. The Balaban J connectivity index is 1.63. The van der Waals surface area contributed by atoms with Crippen molar-refractivity contribution < 1.29 is 22.3 Å². The predicted octanol–water partition coefficient (Wildman–Crippen LogP) is 3.51. The number of amides is 1. The van der Waals surface area contributed by atoms with Crippen LogP contribution in [0.15, 0.2) is 47.4 Å². The smallest absolute Gasteiger partial charge is 0.251 e. The van der Waals surface area contributed by atoms with E-state index in [9.17, 15) is 17.6 Å². The van der Waals surface area contributed by atoms with Gasteiger partial charge in [-0.15, -0.1) is 0 Å². The highest BCUT2D eigenvalue weighted by Gasteiger charge is 2.26. The van der Waals surface area contributed by atoms with Crippen LogP contribution in [0.4, 0.5) is 4.39 Å². The van der Waals surface area contributed by atoms with Gasteiger partial charge in [-0.2, -0.15) is 4.31 Å². The number of nitrogens with one attached hydrogen (secondary N) is 1. The van der Waals surface area contributed by atoms with Crippen LogP contribution in [0.25, 0.3) is 0 Å². The zero-order valence-electron chi connectivity index (χ0n) is 17.1. The first-order chi connectivity index (χ1) is 14.4. The third-order valence-corrected chi connectivity index (χ3v) is 7.02.